The summed E-state index contributed by atoms with van der Waals surface area (Å²) in [6.07, 6.45) is 8.44. The summed E-state index contributed by atoms with van der Waals surface area (Å²) < 4.78 is 70.2. The van der Waals surface area contributed by atoms with Crippen molar-refractivity contribution < 1.29 is 40.7 Å². The second-order valence-electron chi connectivity index (χ2n) is 25.6. The van der Waals surface area contributed by atoms with Crippen molar-refractivity contribution in [1.82, 2.24) is 59.2 Å². The summed E-state index contributed by atoms with van der Waals surface area (Å²) in [5, 5.41) is 15.7. The molecule has 28 heteroatoms. The van der Waals surface area contributed by atoms with E-state index < -0.39 is 37.5 Å². The molecule has 0 radical (unpaired) electrons. The Morgan fingerprint density at radius 2 is 1.23 bits per heavy atom. The number of anilines is 2. The van der Waals surface area contributed by atoms with Crippen LogP contribution in [0.2, 0.25) is 10.3 Å². The molecule has 6 N–H and O–H groups in total. The zero-order chi connectivity index (χ0) is 63.5. The van der Waals surface area contributed by atoms with E-state index in [1.807, 2.05) is 44.1 Å². The van der Waals surface area contributed by atoms with E-state index >= 15 is 0 Å². The van der Waals surface area contributed by atoms with Crippen molar-refractivity contribution in [3.05, 3.63) is 117 Å². The van der Waals surface area contributed by atoms with E-state index in [9.17, 15) is 36.0 Å². The average molecular weight is 1280 g/mol. The molecule has 2 aliphatic heterocycles. The molecule has 0 spiro atoms. The Kier molecular flexibility index (Phi) is 19.6. The van der Waals surface area contributed by atoms with Gasteiger partial charge < -0.3 is 30.3 Å². The van der Waals surface area contributed by atoms with E-state index in [0.717, 1.165) is 45.1 Å². The molecule has 1 aliphatic carbocycles. The Morgan fingerprint density at radius 1 is 0.690 bits per heavy atom. The van der Waals surface area contributed by atoms with Gasteiger partial charge in [-0.25, -0.2) is 43.5 Å². The van der Waals surface area contributed by atoms with Crippen LogP contribution in [0.25, 0.3) is 11.6 Å². The number of nitrogens with one attached hydrogen (secondary N) is 6. The highest BCUT2D eigenvalue weighted by Gasteiger charge is 2.64. The molecular weight excluding hydrogens is 1200 g/mol. The number of halogens is 2. The van der Waals surface area contributed by atoms with Gasteiger partial charge in [0.05, 0.1) is 17.7 Å². The Bertz CT molecular complexity index is 3770. The first-order valence-electron chi connectivity index (χ1n) is 28.7. The van der Waals surface area contributed by atoms with Crippen LogP contribution in [0.1, 0.15) is 135 Å². The maximum absolute atomic E-state index is 13.1. The van der Waals surface area contributed by atoms with Gasteiger partial charge in [-0.05, 0) is 165 Å². The number of hydrogen-bond acceptors (Lipinski definition) is 18. The first kappa shape index (κ1) is 65.8. The maximum Gasteiger partial charge on any atom is 0.410 e. The predicted molar refractivity (Wildman–Crippen MR) is 331 cm³/mol. The lowest BCUT2D eigenvalue weighted by molar-refractivity contribution is 0.0130. The fraction of sp³-hybridized carbons (Fsp3) is 0.508. The van der Waals surface area contributed by atoms with Crippen LogP contribution in [-0.4, -0.2) is 129 Å². The molecular formula is C59H78Cl2N14O10S2. The van der Waals surface area contributed by atoms with Crippen molar-refractivity contribution in [3.63, 3.8) is 0 Å². The molecule has 3 aliphatic rings. The molecule has 6 aromatic heterocycles. The number of likely N-dealkylation sites (tertiary alicyclic amines) is 1. The summed E-state index contributed by atoms with van der Waals surface area (Å²) in [4.78, 5) is 68.2. The quantitative estimate of drug-likeness (QED) is 0.0289. The summed E-state index contributed by atoms with van der Waals surface area (Å²) >= 11 is 12.5. The number of H-pyrrole nitrogens is 1. The highest BCUT2D eigenvalue weighted by Crippen LogP contribution is 2.68. The number of ether oxygens (including phenoxy) is 2. The van der Waals surface area contributed by atoms with Crippen molar-refractivity contribution in [2.24, 2.45) is 28.6 Å². The summed E-state index contributed by atoms with van der Waals surface area (Å²) in [6, 6.07) is 17.7. The first-order valence-corrected chi connectivity index (χ1v) is 32.5. The van der Waals surface area contributed by atoms with Crippen LogP contribution in [0.4, 0.5) is 16.4 Å². The number of aromatic nitrogens is 8. The largest absolute Gasteiger partial charge is 0.476 e. The van der Waals surface area contributed by atoms with Crippen LogP contribution in [0.3, 0.4) is 0 Å². The van der Waals surface area contributed by atoms with Crippen molar-refractivity contribution in [3.8, 4) is 17.5 Å². The summed E-state index contributed by atoms with van der Waals surface area (Å²) in [7, 11) is -8.60. The molecule has 0 aromatic carbocycles. The molecule has 9 rings (SSSR count). The molecule has 8 heterocycles. The smallest absolute Gasteiger partial charge is 0.410 e. The van der Waals surface area contributed by atoms with Crippen LogP contribution >= 0.6 is 23.2 Å². The third-order valence-corrected chi connectivity index (χ3v) is 19.5. The molecule has 2 unspecified atom stereocenters. The van der Waals surface area contributed by atoms with Gasteiger partial charge in [-0.15, -0.1) is 5.10 Å². The third-order valence-electron chi connectivity index (χ3n) is 16.4. The Balaban J connectivity index is 0.000000239. The molecule has 24 nitrogen and oxygen atoms in total. The number of carbonyl (C=O) groups excluding carboxylic acids is 3. The number of aromatic amines is 1. The Morgan fingerprint density at radius 3 is 1.72 bits per heavy atom. The number of rotatable bonds is 21. The summed E-state index contributed by atoms with van der Waals surface area (Å²) in [5.74, 6) is 1.23. The summed E-state index contributed by atoms with van der Waals surface area (Å²) in [6.45, 7) is 26.3. The van der Waals surface area contributed by atoms with Crippen molar-refractivity contribution in [2.75, 3.05) is 43.4 Å². The van der Waals surface area contributed by atoms with E-state index in [4.69, 9.17) is 32.7 Å². The van der Waals surface area contributed by atoms with Gasteiger partial charge in [0, 0.05) is 61.2 Å². The van der Waals surface area contributed by atoms with Crippen LogP contribution in [-0.2, 0) is 24.8 Å². The lowest BCUT2D eigenvalue weighted by atomic mass is 9.93. The van der Waals surface area contributed by atoms with Crippen molar-refractivity contribution in [1.29, 1.82) is 0 Å². The minimum Gasteiger partial charge on any atom is -0.476 e. The number of carbonyl (C=O) groups is 3. The summed E-state index contributed by atoms with van der Waals surface area (Å²) in [5.41, 5.74) is -0.907. The Labute approximate surface area is 517 Å². The first-order chi connectivity index (χ1) is 40.6. The monoisotopic (exact) mass is 1280 g/mol. The van der Waals surface area contributed by atoms with E-state index in [0.29, 0.717) is 67.3 Å². The number of amides is 3. The van der Waals surface area contributed by atoms with Gasteiger partial charge in [0.1, 0.15) is 27.5 Å². The van der Waals surface area contributed by atoms with Crippen LogP contribution in [0.15, 0.2) is 100 Å². The molecule has 0 bridgehead atoms. The van der Waals surface area contributed by atoms with E-state index in [-0.39, 0.29) is 70.9 Å². The lowest BCUT2D eigenvalue weighted by Gasteiger charge is -2.33. The second kappa shape index (κ2) is 25.9. The molecule has 1 saturated carbocycles. The van der Waals surface area contributed by atoms with Gasteiger partial charge in [-0.3, -0.25) is 19.5 Å². The van der Waals surface area contributed by atoms with E-state index in [2.05, 4.69) is 87.6 Å². The van der Waals surface area contributed by atoms with Gasteiger partial charge in [0.15, 0.2) is 21.7 Å². The number of sulfonamides is 2. The highest BCUT2D eigenvalue weighted by atomic mass is 35.5. The van der Waals surface area contributed by atoms with Crippen LogP contribution < -0.4 is 35.7 Å². The van der Waals surface area contributed by atoms with Gasteiger partial charge >= 0.3 is 6.09 Å². The average Bonchev–Trinajstić information content (AvgIpc) is 1.55. The number of pyridine rings is 4. The van der Waals surface area contributed by atoms with E-state index in [1.165, 1.54) is 58.0 Å². The fourth-order valence-electron chi connectivity index (χ4n) is 11.1. The zero-order valence-electron chi connectivity index (χ0n) is 50.8. The number of hydrogen-bond donors (Lipinski definition) is 6. The number of nitrogens with zero attached hydrogens (tertiary/aromatic N) is 8. The van der Waals surface area contributed by atoms with Crippen LogP contribution in [0.5, 0.6) is 5.88 Å². The lowest BCUT2D eigenvalue weighted by Crippen LogP contribution is -2.45. The van der Waals surface area contributed by atoms with Crippen molar-refractivity contribution in [2.45, 2.75) is 141 Å². The normalized spacial score (nSPS) is 18.5. The van der Waals surface area contributed by atoms with Gasteiger partial charge in [0.25, 0.3) is 37.4 Å². The molecule has 3 amide bonds. The predicted octanol–water partition coefficient (Wildman–Crippen LogP) is 9.03. The standard InChI is InChI=1S/C36H50ClN7O6S.C23H28ClN7O4S/c1-33(2,3)50-32(46)43-21-23(20-34(43,4)5)12-11-18-38-26-13-10-14-29(39-26)51(47,48)42-31(45)24-15-16-27(40-30(24)37)44-19-17-28(41-44)49-22-25-35(6,7)36(25,8)9;1-23(2)13-15(14-26-23)5-4-11-25-17-6-3-7-20(27-17)36(34,35)30-22(33)16-8-9-18(28-21(16)24)31-12-10-19(32)29-31/h10,13-17,19,23,25H,11-12,18,20-22H2,1-9H3,(H,38,39)(H,42,45);3,6-10,12,15,26H,4-5,11,13-14H2,1-2H3,(H,25,27)(H,29,32)(H,30,33). The highest BCUT2D eigenvalue weighted by molar-refractivity contribution is 7.90. The molecule has 87 heavy (non-hydrogen) atoms. The topological polar surface area (TPSA) is 309 Å². The molecule has 6 aromatic rings. The minimum absolute atomic E-state index is 0.125. The molecule has 2 atom stereocenters. The SMILES string of the molecule is CC(C)(C)OC(=O)N1CC(CCCNc2cccc(S(=O)(=O)NC(=O)c3ccc(-n4ccc(OCC5C(C)(C)C5(C)C)n4)nc3Cl)n2)CC1(C)C.CC1(C)CC(CCCNc2cccc(S(=O)(=O)NC(=O)c3ccc(-n4ccc(=O)[nH]4)nc3Cl)n2)CN1. The Hall–Kier alpha value is -7.13. The molecule has 3 fully saturated rings. The fourth-order valence-corrected chi connectivity index (χ4v) is 13.4. The van der Waals surface area contributed by atoms with Gasteiger partial charge in [-0.2, -0.15) is 16.8 Å². The molecule has 2 saturated heterocycles. The maximum atomic E-state index is 13.1. The van der Waals surface area contributed by atoms with Gasteiger partial charge in [0.2, 0.25) is 5.88 Å². The third kappa shape index (κ3) is 16.5. The van der Waals surface area contributed by atoms with Crippen molar-refractivity contribution >= 4 is 72.8 Å². The van der Waals surface area contributed by atoms with Gasteiger partial charge in [-0.1, -0.05) is 63.0 Å². The zero-order valence-corrected chi connectivity index (χ0v) is 54.0. The van der Waals surface area contributed by atoms with Crippen LogP contribution in [0, 0.1) is 28.6 Å². The minimum atomic E-state index is -4.34. The van der Waals surface area contributed by atoms with E-state index in [1.54, 1.807) is 41.4 Å². The second-order valence-corrected chi connectivity index (χ2v) is 29.6. The molecule has 470 valence electrons.